The van der Waals surface area contributed by atoms with Crippen molar-refractivity contribution in [3.63, 3.8) is 0 Å². The normalized spacial score (nSPS) is 14.2. The van der Waals surface area contributed by atoms with E-state index >= 15 is 0 Å². The molecule has 2 aromatic carbocycles. The van der Waals surface area contributed by atoms with E-state index in [2.05, 4.69) is 29.4 Å². The number of anilines is 1. The summed E-state index contributed by atoms with van der Waals surface area (Å²) in [4.78, 5) is 20.0. The molecule has 1 aromatic heterocycles. The van der Waals surface area contributed by atoms with Gasteiger partial charge in [-0.3, -0.25) is 4.79 Å². The molecule has 4 rings (SSSR count). The van der Waals surface area contributed by atoms with Gasteiger partial charge >= 0.3 is 0 Å². The first kappa shape index (κ1) is 25.6. The molecule has 0 radical (unpaired) electrons. The summed E-state index contributed by atoms with van der Waals surface area (Å²) in [6.45, 7) is 7.18. The van der Waals surface area contributed by atoms with Crippen molar-refractivity contribution >= 4 is 51.9 Å². The number of para-hydroxylation sites is 1. The predicted molar refractivity (Wildman–Crippen MR) is 151 cm³/mol. The predicted octanol–water partition coefficient (Wildman–Crippen LogP) is 6.82. The number of piperidine rings is 1. The number of likely N-dealkylation sites (tertiary alicyclic amines) is 1. The summed E-state index contributed by atoms with van der Waals surface area (Å²) in [5, 5.41) is 10.8. The molecule has 1 amide bonds. The Morgan fingerprint density at radius 1 is 1.17 bits per heavy atom. The first-order valence-corrected chi connectivity index (χ1v) is 13.7. The second kappa shape index (κ2) is 12.0. The highest BCUT2D eigenvalue weighted by Gasteiger charge is 2.25. The van der Waals surface area contributed by atoms with Crippen molar-refractivity contribution in [1.82, 2.24) is 15.2 Å². The van der Waals surface area contributed by atoms with E-state index in [1.165, 1.54) is 0 Å². The van der Waals surface area contributed by atoms with Crippen molar-refractivity contribution in [3.05, 3.63) is 69.6 Å². The van der Waals surface area contributed by atoms with Crippen LogP contribution in [0.2, 0.25) is 5.02 Å². The van der Waals surface area contributed by atoms with E-state index in [-0.39, 0.29) is 5.91 Å². The molecule has 2 heterocycles. The summed E-state index contributed by atoms with van der Waals surface area (Å²) in [5.74, 6) is 0.831. The molecule has 184 valence electrons. The zero-order valence-electron chi connectivity index (χ0n) is 20.1. The second-order valence-corrected chi connectivity index (χ2v) is 11.0. The number of hydrogen-bond donors (Lipinski definition) is 2. The lowest BCUT2D eigenvalue weighted by Gasteiger charge is -2.33. The van der Waals surface area contributed by atoms with E-state index in [1.54, 1.807) is 11.3 Å². The van der Waals surface area contributed by atoms with Gasteiger partial charge in [0.2, 0.25) is 0 Å². The van der Waals surface area contributed by atoms with Gasteiger partial charge in [-0.2, -0.15) is 0 Å². The lowest BCUT2D eigenvalue weighted by Crippen LogP contribution is -2.44. The lowest BCUT2D eigenvalue weighted by atomic mass is 9.98. The highest BCUT2D eigenvalue weighted by Crippen LogP contribution is 2.32. The molecule has 0 unspecified atom stereocenters. The van der Waals surface area contributed by atoms with Gasteiger partial charge in [-0.05, 0) is 61.2 Å². The molecule has 0 atom stereocenters. The summed E-state index contributed by atoms with van der Waals surface area (Å²) in [6, 6.07) is 15.4. The van der Waals surface area contributed by atoms with Crippen LogP contribution in [-0.4, -0.2) is 40.5 Å². The number of thiocarbonyl (C=S) groups is 1. The van der Waals surface area contributed by atoms with Crippen LogP contribution in [0.3, 0.4) is 0 Å². The van der Waals surface area contributed by atoms with Gasteiger partial charge in [0, 0.05) is 47.2 Å². The fourth-order valence-electron chi connectivity index (χ4n) is 4.15. The number of carbonyl (C=O) groups excluding carboxylic acids is 1. The minimum atomic E-state index is -0.193. The summed E-state index contributed by atoms with van der Waals surface area (Å²) in [7, 11) is 0. The van der Waals surface area contributed by atoms with Gasteiger partial charge in [-0.15, -0.1) is 11.3 Å². The molecule has 1 saturated heterocycles. The fraction of sp³-hybridized carbons (Fsp3) is 0.370. The van der Waals surface area contributed by atoms with Crippen molar-refractivity contribution in [2.45, 2.75) is 39.0 Å². The van der Waals surface area contributed by atoms with E-state index < -0.39 is 0 Å². The zero-order chi connectivity index (χ0) is 24.8. The Bertz CT molecular complexity index is 1150. The van der Waals surface area contributed by atoms with Crippen LogP contribution in [0.1, 0.15) is 54.5 Å². The number of carbonyl (C=O) groups is 1. The quantitative estimate of drug-likeness (QED) is 0.331. The minimum absolute atomic E-state index is 0.193. The maximum atomic E-state index is 13.0. The molecule has 2 N–H and O–H groups in total. The van der Waals surface area contributed by atoms with Crippen LogP contribution < -0.4 is 10.6 Å². The number of nitrogens with zero attached hydrogens (tertiary/aromatic N) is 2. The van der Waals surface area contributed by atoms with Gasteiger partial charge in [0.1, 0.15) is 5.69 Å². The summed E-state index contributed by atoms with van der Waals surface area (Å²) >= 11 is 13.2. The highest BCUT2D eigenvalue weighted by atomic mass is 35.5. The topological polar surface area (TPSA) is 57.3 Å². The molecule has 3 aromatic rings. The standard InChI is InChI=1S/C27H31ClN4OS2/c1-18(2)11-14-29-27(34)32-15-12-20(13-16-32)26-31-24(17-35-26)25(33)30-23-6-4-3-5-22(23)19-7-9-21(28)10-8-19/h3-10,17-18,20H,11-16H2,1-2H3,(H,29,34)(H,30,33). The number of benzene rings is 2. The fourth-order valence-corrected chi connectivity index (χ4v) is 5.53. The van der Waals surface area contributed by atoms with Gasteiger partial charge in [-0.25, -0.2) is 4.98 Å². The Hall–Kier alpha value is -2.48. The molecule has 0 spiro atoms. The summed E-state index contributed by atoms with van der Waals surface area (Å²) < 4.78 is 0. The Morgan fingerprint density at radius 2 is 1.89 bits per heavy atom. The molecule has 8 heteroatoms. The number of thiazole rings is 1. The van der Waals surface area contributed by atoms with E-state index in [4.69, 9.17) is 28.8 Å². The third-order valence-electron chi connectivity index (χ3n) is 6.21. The first-order valence-electron chi connectivity index (χ1n) is 12.0. The maximum absolute atomic E-state index is 13.0. The van der Waals surface area contributed by atoms with Crippen molar-refractivity contribution in [2.24, 2.45) is 5.92 Å². The third kappa shape index (κ3) is 6.81. The van der Waals surface area contributed by atoms with E-state index in [0.29, 0.717) is 22.6 Å². The SMILES string of the molecule is CC(C)CCNC(=S)N1CCC(c2nc(C(=O)Nc3ccccc3-c3ccc(Cl)cc3)cs2)CC1. The average Bonchev–Trinajstić information content (AvgIpc) is 3.35. The van der Waals surface area contributed by atoms with Crippen LogP contribution in [0.5, 0.6) is 0 Å². The number of nitrogens with one attached hydrogen (secondary N) is 2. The minimum Gasteiger partial charge on any atom is -0.363 e. The average molecular weight is 527 g/mol. The Morgan fingerprint density at radius 3 is 2.60 bits per heavy atom. The molecule has 0 bridgehead atoms. The van der Waals surface area contributed by atoms with Crippen LogP contribution in [-0.2, 0) is 0 Å². The largest absolute Gasteiger partial charge is 0.363 e. The van der Waals surface area contributed by atoms with Crippen LogP contribution >= 0.6 is 35.2 Å². The van der Waals surface area contributed by atoms with E-state index in [1.807, 2.05) is 53.9 Å². The number of halogens is 1. The number of aromatic nitrogens is 1. The smallest absolute Gasteiger partial charge is 0.275 e. The molecule has 1 aliphatic rings. The molecule has 0 aliphatic carbocycles. The van der Waals surface area contributed by atoms with Gasteiger partial charge in [-0.1, -0.05) is 55.8 Å². The van der Waals surface area contributed by atoms with E-state index in [0.717, 1.165) is 65.8 Å². The molecule has 35 heavy (non-hydrogen) atoms. The van der Waals surface area contributed by atoms with Crippen LogP contribution in [0, 0.1) is 5.92 Å². The van der Waals surface area contributed by atoms with Crippen molar-refractivity contribution in [3.8, 4) is 11.1 Å². The first-order chi connectivity index (χ1) is 16.9. The summed E-state index contributed by atoms with van der Waals surface area (Å²) in [5.41, 5.74) is 3.15. The van der Waals surface area contributed by atoms with Crippen molar-refractivity contribution in [1.29, 1.82) is 0 Å². The number of rotatable bonds is 7. The molecule has 0 saturated carbocycles. The summed E-state index contributed by atoms with van der Waals surface area (Å²) in [6.07, 6.45) is 3.09. The van der Waals surface area contributed by atoms with Crippen LogP contribution in [0.15, 0.2) is 53.9 Å². The highest BCUT2D eigenvalue weighted by molar-refractivity contribution is 7.80. The zero-order valence-corrected chi connectivity index (χ0v) is 22.5. The van der Waals surface area contributed by atoms with Crippen LogP contribution in [0.25, 0.3) is 11.1 Å². The molecule has 1 fully saturated rings. The van der Waals surface area contributed by atoms with E-state index in [9.17, 15) is 4.79 Å². The van der Waals surface area contributed by atoms with Gasteiger partial charge in [0.25, 0.3) is 5.91 Å². The van der Waals surface area contributed by atoms with Gasteiger partial charge in [0.05, 0.1) is 5.01 Å². The number of hydrogen-bond acceptors (Lipinski definition) is 4. The van der Waals surface area contributed by atoms with Gasteiger partial charge < -0.3 is 15.5 Å². The molecule has 5 nitrogen and oxygen atoms in total. The Balaban J connectivity index is 1.35. The monoisotopic (exact) mass is 526 g/mol. The Kier molecular flexibility index (Phi) is 8.76. The van der Waals surface area contributed by atoms with Crippen molar-refractivity contribution in [2.75, 3.05) is 25.0 Å². The number of amides is 1. The van der Waals surface area contributed by atoms with Gasteiger partial charge in [0.15, 0.2) is 5.11 Å². The molecule has 1 aliphatic heterocycles. The third-order valence-corrected chi connectivity index (χ3v) is 7.88. The van der Waals surface area contributed by atoms with Crippen molar-refractivity contribution < 1.29 is 4.79 Å². The van der Waals surface area contributed by atoms with Crippen LogP contribution in [0.4, 0.5) is 5.69 Å². The Labute approximate surface area is 221 Å². The molecular weight excluding hydrogens is 496 g/mol. The molecular formula is C27H31ClN4OS2. The maximum Gasteiger partial charge on any atom is 0.275 e. The lowest BCUT2D eigenvalue weighted by molar-refractivity contribution is 0.102. The second-order valence-electron chi connectivity index (χ2n) is 9.25.